The summed E-state index contributed by atoms with van der Waals surface area (Å²) in [6, 6.07) is 0. The highest BCUT2D eigenvalue weighted by Gasteiger charge is 2.71. The Balaban J connectivity index is 1.64. The van der Waals surface area contributed by atoms with Gasteiger partial charge in [0, 0.05) is 13.8 Å². The summed E-state index contributed by atoms with van der Waals surface area (Å²) in [5.74, 6) is -1.25. The van der Waals surface area contributed by atoms with Crippen molar-refractivity contribution >= 4 is 24.2 Å². The van der Waals surface area contributed by atoms with Crippen molar-refractivity contribution in [2.45, 2.75) is 132 Å². The Morgan fingerprint density at radius 1 is 0.805 bits per heavy atom. The second-order valence-corrected chi connectivity index (χ2v) is 15.9. The molecule has 41 heavy (non-hydrogen) atoms. The van der Waals surface area contributed by atoms with E-state index < -0.39 is 35.0 Å². The minimum Gasteiger partial charge on any atom is -0.480 e. The molecule has 9 atom stereocenters. The summed E-state index contributed by atoms with van der Waals surface area (Å²) in [4.78, 5) is 50.4. The van der Waals surface area contributed by atoms with Gasteiger partial charge in [0.1, 0.15) is 23.9 Å². The predicted molar refractivity (Wildman–Crippen MR) is 154 cm³/mol. The van der Waals surface area contributed by atoms with Crippen molar-refractivity contribution in [2.75, 3.05) is 0 Å². The number of carbonyl (C=O) groups excluding carboxylic acids is 3. The lowest BCUT2D eigenvalue weighted by molar-refractivity contribution is -0.218. The molecule has 0 aromatic carbocycles. The van der Waals surface area contributed by atoms with E-state index >= 15 is 0 Å². The fraction of sp³-hybridized carbons (Fsp3) is 0.824. The number of aliphatic carboxylic acids is 1. The fourth-order valence-electron chi connectivity index (χ4n) is 11.3. The minimum atomic E-state index is -1.17. The van der Waals surface area contributed by atoms with Gasteiger partial charge in [-0.1, -0.05) is 40.2 Å². The highest BCUT2D eigenvalue weighted by molar-refractivity contribution is 5.82. The smallest absolute Gasteiger partial charge is 0.317 e. The maximum atomic E-state index is 13.2. The lowest BCUT2D eigenvalue weighted by Gasteiger charge is -2.71. The van der Waals surface area contributed by atoms with Crippen molar-refractivity contribution < 1.29 is 33.8 Å². The molecule has 0 aliphatic heterocycles. The molecule has 0 aromatic rings. The van der Waals surface area contributed by atoms with E-state index in [1.807, 2.05) is 6.92 Å². The number of aldehydes is 1. The van der Waals surface area contributed by atoms with Crippen molar-refractivity contribution in [2.24, 2.45) is 44.3 Å². The zero-order valence-electron chi connectivity index (χ0n) is 26.4. The van der Waals surface area contributed by atoms with Crippen LogP contribution in [0.25, 0.3) is 0 Å². The Labute approximate surface area is 245 Å². The average molecular weight is 571 g/mol. The molecule has 5 aliphatic carbocycles. The van der Waals surface area contributed by atoms with Gasteiger partial charge in [0.15, 0.2) is 0 Å². The highest BCUT2D eigenvalue weighted by Crippen LogP contribution is 2.75. The zero-order valence-corrected chi connectivity index (χ0v) is 26.4. The Hall–Kier alpha value is -2.18. The van der Waals surface area contributed by atoms with Crippen LogP contribution in [0.15, 0.2) is 11.1 Å². The number of carboxylic acids is 1. The van der Waals surface area contributed by atoms with E-state index in [1.165, 1.54) is 19.4 Å². The molecular formula is C34H50O7. The number of carboxylic acid groups (broad SMARTS) is 1. The second-order valence-electron chi connectivity index (χ2n) is 15.9. The van der Waals surface area contributed by atoms with Crippen LogP contribution >= 0.6 is 0 Å². The first-order valence-corrected chi connectivity index (χ1v) is 15.7. The number of hydrogen-bond donors (Lipinski definition) is 1. The van der Waals surface area contributed by atoms with Crippen LogP contribution in [0.3, 0.4) is 0 Å². The summed E-state index contributed by atoms with van der Waals surface area (Å²) in [6.07, 6.45) is 7.42. The third-order valence-corrected chi connectivity index (χ3v) is 13.5. The van der Waals surface area contributed by atoms with E-state index in [0.29, 0.717) is 31.6 Å². The lowest BCUT2D eigenvalue weighted by atomic mass is 9.33. The molecular weight excluding hydrogens is 520 g/mol. The molecule has 0 radical (unpaired) electrons. The Bertz CT molecular complexity index is 1200. The first kappa shape index (κ1) is 30.3. The molecule has 0 heterocycles. The molecule has 1 N–H and O–H groups in total. The largest absolute Gasteiger partial charge is 0.480 e. The molecule has 0 unspecified atom stereocenters. The van der Waals surface area contributed by atoms with Gasteiger partial charge in [-0.3, -0.25) is 14.4 Å². The standard InChI is InChI=1S/C34H50O7/c1-20(36)40-26-12-13-30(5)24(31(26,6)19-35)11-14-32(7)25(30)10-9-22-23-17-29(3,4)15-16-34(23,28(38)39)27(41-21(2)37)18-33(22,32)8/h19,24-27H,9-18H2,1-8H3,(H,38,39)/t24-,25-,26+,27-,30+,31+,32-,33-,34-/m1/s1. The van der Waals surface area contributed by atoms with Crippen molar-refractivity contribution in [1.29, 1.82) is 0 Å². The number of ether oxygens (including phenoxy) is 2. The van der Waals surface area contributed by atoms with Gasteiger partial charge in [-0.2, -0.15) is 0 Å². The number of fused-ring (bicyclic) bond motifs is 6. The Morgan fingerprint density at radius 2 is 1.44 bits per heavy atom. The first-order valence-electron chi connectivity index (χ1n) is 15.7. The van der Waals surface area contributed by atoms with Gasteiger partial charge < -0.3 is 19.4 Å². The molecule has 0 spiro atoms. The summed E-state index contributed by atoms with van der Waals surface area (Å²) >= 11 is 0. The van der Waals surface area contributed by atoms with Crippen LogP contribution in [0, 0.1) is 44.3 Å². The van der Waals surface area contributed by atoms with Crippen LogP contribution in [0.4, 0.5) is 0 Å². The number of hydrogen-bond acceptors (Lipinski definition) is 6. The van der Waals surface area contributed by atoms with Gasteiger partial charge >= 0.3 is 17.9 Å². The third-order valence-electron chi connectivity index (χ3n) is 13.5. The quantitative estimate of drug-likeness (QED) is 0.229. The molecule has 4 saturated carbocycles. The summed E-state index contributed by atoms with van der Waals surface area (Å²) in [7, 11) is 0. The number of carbonyl (C=O) groups is 4. The molecule has 5 aliphatic rings. The fourth-order valence-corrected chi connectivity index (χ4v) is 11.3. The van der Waals surface area contributed by atoms with E-state index in [9.17, 15) is 24.3 Å². The van der Waals surface area contributed by atoms with Crippen LogP contribution in [-0.2, 0) is 28.7 Å². The van der Waals surface area contributed by atoms with Crippen molar-refractivity contribution in [3.05, 3.63) is 11.1 Å². The average Bonchev–Trinajstić information content (AvgIpc) is 2.85. The number of allylic oxidation sites excluding steroid dienone is 1. The molecule has 4 fully saturated rings. The van der Waals surface area contributed by atoms with Gasteiger partial charge in [-0.15, -0.1) is 0 Å². The molecule has 0 bridgehead atoms. The minimum absolute atomic E-state index is 0.0252. The van der Waals surface area contributed by atoms with Crippen LogP contribution in [0.5, 0.6) is 0 Å². The normalized spacial score (nSPS) is 46.6. The van der Waals surface area contributed by atoms with Gasteiger partial charge in [0.25, 0.3) is 0 Å². The third kappa shape index (κ3) is 4.02. The molecule has 228 valence electrons. The topological polar surface area (TPSA) is 107 Å². The molecule has 0 saturated heterocycles. The molecule has 0 aromatic heterocycles. The van der Waals surface area contributed by atoms with Crippen molar-refractivity contribution in [1.82, 2.24) is 0 Å². The number of esters is 2. The molecule has 7 nitrogen and oxygen atoms in total. The zero-order chi connectivity index (χ0) is 30.4. The van der Waals surface area contributed by atoms with Crippen LogP contribution in [-0.4, -0.2) is 41.5 Å². The van der Waals surface area contributed by atoms with E-state index in [-0.39, 0.29) is 33.5 Å². The van der Waals surface area contributed by atoms with E-state index in [1.54, 1.807) is 0 Å². The van der Waals surface area contributed by atoms with Crippen LogP contribution < -0.4 is 0 Å². The predicted octanol–water partition coefficient (Wildman–Crippen LogP) is 6.67. The maximum absolute atomic E-state index is 13.2. The molecule has 0 amide bonds. The van der Waals surface area contributed by atoms with E-state index in [4.69, 9.17) is 9.47 Å². The second kappa shape index (κ2) is 9.41. The summed E-state index contributed by atoms with van der Waals surface area (Å²) in [5.41, 5.74) is -0.271. The number of rotatable bonds is 4. The maximum Gasteiger partial charge on any atom is 0.317 e. The van der Waals surface area contributed by atoms with Crippen LogP contribution in [0.1, 0.15) is 120 Å². The lowest BCUT2D eigenvalue weighted by Crippen LogP contribution is -2.67. The summed E-state index contributed by atoms with van der Waals surface area (Å²) in [5, 5.41) is 10.8. The van der Waals surface area contributed by atoms with Gasteiger partial charge in [-0.05, 0) is 110 Å². The van der Waals surface area contributed by atoms with E-state index in [0.717, 1.165) is 50.4 Å². The summed E-state index contributed by atoms with van der Waals surface area (Å²) < 4.78 is 11.8. The monoisotopic (exact) mass is 570 g/mol. The summed E-state index contributed by atoms with van der Waals surface area (Å²) in [6.45, 7) is 16.3. The van der Waals surface area contributed by atoms with Crippen molar-refractivity contribution in [3.63, 3.8) is 0 Å². The molecule has 7 heteroatoms. The van der Waals surface area contributed by atoms with Gasteiger partial charge in [0.2, 0.25) is 0 Å². The van der Waals surface area contributed by atoms with Crippen molar-refractivity contribution in [3.8, 4) is 0 Å². The Morgan fingerprint density at radius 3 is 2.02 bits per heavy atom. The van der Waals surface area contributed by atoms with Gasteiger partial charge in [-0.25, -0.2) is 0 Å². The van der Waals surface area contributed by atoms with Gasteiger partial charge in [0.05, 0.1) is 5.41 Å². The highest BCUT2D eigenvalue weighted by atomic mass is 16.5. The Kier molecular flexibility index (Phi) is 6.95. The van der Waals surface area contributed by atoms with Crippen LogP contribution in [0.2, 0.25) is 0 Å². The van der Waals surface area contributed by atoms with E-state index in [2.05, 4.69) is 34.6 Å². The first-order chi connectivity index (χ1) is 18.9. The SMILES string of the molecule is CC(=O)O[C@H]1CC[C@]2(C)[C@H]3CCC4=C5CC(C)(C)CC[C@]5(C(=O)O)[C@H](OC(C)=O)C[C@@]4(C)[C@]3(C)CC[C@H]2[C@]1(C)C=O. The molecule has 5 rings (SSSR count).